The molecule has 0 aliphatic carbocycles. The van der Waals surface area contributed by atoms with E-state index in [2.05, 4.69) is 0 Å². The fourth-order valence-corrected chi connectivity index (χ4v) is 4.52. The first-order valence-corrected chi connectivity index (χ1v) is 7.68. The number of ether oxygens (including phenoxy) is 1. The monoisotopic (exact) mass is 325 g/mol. The van der Waals surface area contributed by atoms with Crippen LogP contribution in [0.3, 0.4) is 0 Å². The summed E-state index contributed by atoms with van der Waals surface area (Å²) in [6.07, 6.45) is 1.51. The standard InChI is InChI=1S/C15H13Cl2NO3/c1-15-3-2-10(21-15)11-12(15)14(20)18(13(11)19)9-5-7(16)4-8(17)6-9/h4-6,10-12H,2-3H2,1H3/t10?,11-,12+,15?/m1/s1. The molecule has 3 aliphatic rings. The van der Waals surface area contributed by atoms with E-state index in [0.717, 1.165) is 12.8 Å². The Balaban J connectivity index is 1.79. The number of rotatable bonds is 1. The van der Waals surface area contributed by atoms with Crippen LogP contribution in [0, 0.1) is 11.8 Å². The van der Waals surface area contributed by atoms with Crippen LogP contribution in [0.1, 0.15) is 19.8 Å². The van der Waals surface area contributed by atoms with Gasteiger partial charge in [0.2, 0.25) is 11.8 Å². The summed E-state index contributed by atoms with van der Waals surface area (Å²) in [6, 6.07) is 4.76. The van der Waals surface area contributed by atoms with Gasteiger partial charge in [-0.3, -0.25) is 9.59 Å². The van der Waals surface area contributed by atoms with Crippen molar-refractivity contribution in [3.8, 4) is 0 Å². The number of hydrogen-bond acceptors (Lipinski definition) is 3. The molecule has 21 heavy (non-hydrogen) atoms. The molecule has 0 radical (unpaired) electrons. The van der Waals surface area contributed by atoms with Crippen molar-refractivity contribution < 1.29 is 14.3 Å². The van der Waals surface area contributed by atoms with Crippen LogP contribution in [-0.2, 0) is 14.3 Å². The summed E-state index contributed by atoms with van der Waals surface area (Å²) >= 11 is 12.0. The van der Waals surface area contributed by atoms with Gasteiger partial charge < -0.3 is 4.74 Å². The SMILES string of the molecule is CC12CCC(O1)[C@H]1C(=O)N(c3cc(Cl)cc(Cl)c3)C(=O)[C@H]12. The molecule has 2 bridgehead atoms. The van der Waals surface area contributed by atoms with Crippen LogP contribution in [0.25, 0.3) is 0 Å². The number of amides is 2. The predicted molar refractivity (Wildman–Crippen MR) is 78.4 cm³/mol. The van der Waals surface area contributed by atoms with Crippen molar-refractivity contribution in [3.63, 3.8) is 0 Å². The minimum absolute atomic E-state index is 0.142. The third kappa shape index (κ3) is 1.73. The van der Waals surface area contributed by atoms with E-state index in [1.807, 2.05) is 6.92 Å². The minimum atomic E-state index is -0.515. The average Bonchev–Trinajstić information content (AvgIpc) is 2.98. The molecule has 3 aliphatic heterocycles. The summed E-state index contributed by atoms with van der Waals surface area (Å²) in [5, 5.41) is 0.807. The quantitative estimate of drug-likeness (QED) is 0.745. The Kier molecular flexibility index (Phi) is 2.72. The smallest absolute Gasteiger partial charge is 0.240 e. The fraction of sp³-hybridized carbons (Fsp3) is 0.467. The lowest BCUT2D eigenvalue weighted by atomic mass is 9.74. The van der Waals surface area contributed by atoms with Crippen LogP contribution in [0.4, 0.5) is 5.69 Å². The fourth-order valence-electron chi connectivity index (χ4n) is 4.00. The zero-order valence-electron chi connectivity index (χ0n) is 11.3. The number of carbonyl (C=O) groups is 2. The van der Waals surface area contributed by atoms with Gasteiger partial charge in [0, 0.05) is 10.0 Å². The van der Waals surface area contributed by atoms with Crippen LogP contribution >= 0.6 is 23.2 Å². The Morgan fingerprint density at radius 1 is 1.19 bits per heavy atom. The van der Waals surface area contributed by atoms with Crippen molar-refractivity contribution in [1.82, 2.24) is 0 Å². The molecule has 2 unspecified atom stereocenters. The van der Waals surface area contributed by atoms with E-state index in [-0.39, 0.29) is 29.8 Å². The van der Waals surface area contributed by atoms with Crippen LogP contribution in [-0.4, -0.2) is 23.5 Å². The highest BCUT2D eigenvalue weighted by atomic mass is 35.5. The summed E-state index contributed by atoms with van der Waals surface area (Å²) < 4.78 is 5.88. The molecule has 4 nitrogen and oxygen atoms in total. The molecule has 0 spiro atoms. The zero-order valence-corrected chi connectivity index (χ0v) is 12.8. The van der Waals surface area contributed by atoms with Gasteiger partial charge in [0.05, 0.1) is 29.2 Å². The van der Waals surface area contributed by atoms with Gasteiger partial charge in [0.1, 0.15) is 0 Å². The number of hydrogen-bond donors (Lipinski definition) is 0. The molecule has 2 amide bonds. The van der Waals surface area contributed by atoms with E-state index in [0.29, 0.717) is 15.7 Å². The summed E-state index contributed by atoms with van der Waals surface area (Å²) in [6.45, 7) is 1.93. The van der Waals surface area contributed by atoms with E-state index in [1.165, 1.54) is 4.90 Å². The molecule has 4 rings (SSSR count). The van der Waals surface area contributed by atoms with E-state index in [1.54, 1.807) is 18.2 Å². The Morgan fingerprint density at radius 3 is 2.48 bits per heavy atom. The lowest BCUT2D eigenvalue weighted by molar-refractivity contribution is -0.126. The molecule has 1 aromatic carbocycles. The lowest BCUT2D eigenvalue weighted by Crippen LogP contribution is -2.39. The summed E-state index contributed by atoms with van der Waals surface area (Å²) in [5.41, 5.74) is -0.0703. The Labute approximate surface area is 132 Å². The van der Waals surface area contributed by atoms with Crippen LogP contribution < -0.4 is 4.90 Å². The van der Waals surface area contributed by atoms with E-state index in [4.69, 9.17) is 27.9 Å². The van der Waals surface area contributed by atoms with Gasteiger partial charge in [0.25, 0.3) is 0 Å². The maximum absolute atomic E-state index is 12.8. The largest absolute Gasteiger partial charge is 0.370 e. The Hall–Kier alpha value is -1.10. The average molecular weight is 326 g/mol. The highest BCUT2D eigenvalue weighted by molar-refractivity contribution is 6.35. The molecule has 3 heterocycles. The maximum atomic E-state index is 12.8. The topological polar surface area (TPSA) is 46.6 Å². The zero-order chi connectivity index (χ0) is 14.9. The second kappa shape index (κ2) is 4.22. The second-order valence-corrected chi connectivity index (χ2v) is 7.02. The normalized spacial score (nSPS) is 37.5. The molecular weight excluding hydrogens is 313 g/mol. The molecule has 0 aromatic heterocycles. The molecule has 0 saturated carbocycles. The molecule has 3 saturated heterocycles. The van der Waals surface area contributed by atoms with Crippen LogP contribution in [0.2, 0.25) is 10.0 Å². The number of fused-ring (bicyclic) bond motifs is 5. The van der Waals surface area contributed by atoms with Crippen molar-refractivity contribution >= 4 is 40.7 Å². The molecular formula is C15H13Cl2NO3. The molecule has 3 fully saturated rings. The van der Waals surface area contributed by atoms with Gasteiger partial charge in [-0.05, 0) is 38.0 Å². The van der Waals surface area contributed by atoms with Crippen molar-refractivity contribution in [3.05, 3.63) is 28.2 Å². The third-order valence-electron chi connectivity index (χ3n) is 4.86. The van der Waals surface area contributed by atoms with Crippen molar-refractivity contribution in [2.45, 2.75) is 31.5 Å². The van der Waals surface area contributed by atoms with Crippen molar-refractivity contribution in [2.24, 2.45) is 11.8 Å². The predicted octanol–water partition coefficient (Wildman–Crippen LogP) is 3.05. The Bertz CT molecular complexity index is 657. The number of halogens is 2. The second-order valence-electron chi connectivity index (χ2n) is 6.15. The summed E-state index contributed by atoms with van der Waals surface area (Å²) in [7, 11) is 0. The number of imide groups is 1. The highest BCUT2D eigenvalue weighted by Gasteiger charge is 2.67. The van der Waals surface area contributed by atoms with Gasteiger partial charge in [0.15, 0.2) is 0 Å². The van der Waals surface area contributed by atoms with Gasteiger partial charge in [-0.15, -0.1) is 0 Å². The molecule has 4 atom stereocenters. The molecule has 6 heteroatoms. The number of carbonyl (C=O) groups excluding carboxylic acids is 2. The van der Waals surface area contributed by atoms with Gasteiger partial charge in [-0.2, -0.15) is 0 Å². The first-order chi connectivity index (χ1) is 9.90. The Morgan fingerprint density at radius 2 is 1.86 bits per heavy atom. The van der Waals surface area contributed by atoms with Gasteiger partial charge in [-0.25, -0.2) is 4.90 Å². The summed E-state index contributed by atoms with van der Waals surface area (Å²) in [5.74, 6) is -1.15. The van der Waals surface area contributed by atoms with Crippen molar-refractivity contribution in [1.29, 1.82) is 0 Å². The number of benzene rings is 1. The van der Waals surface area contributed by atoms with E-state index in [9.17, 15) is 9.59 Å². The van der Waals surface area contributed by atoms with Gasteiger partial charge >= 0.3 is 0 Å². The number of anilines is 1. The first kappa shape index (κ1) is 13.6. The van der Waals surface area contributed by atoms with Crippen LogP contribution in [0.15, 0.2) is 18.2 Å². The van der Waals surface area contributed by atoms with E-state index >= 15 is 0 Å². The molecule has 110 valence electrons. The highest BCUT2D eigenvalue weighted by Crippen LogP contribution is 2.55. The molecule has 1 aromatic rings. The van der Waals surface area contributed by atoms with Crippen molar-refractivity contribution in [2.75, 3.05) is 4.90 Å². The van der Waals surface area contributed by atoms with Crippen LogP contribution in [0.5, 0.6) is 0 Å². The minimum Gasteiger partial charge on any atom is -0.370 e. The maximum Gasteiger partial charge on any atom is 0.240 e. The lowest BCUT2D eigenvalue weighted by Gasteiger charge is -2.26. The first-order valence-electron chi connectivity index (χ1n) is 6.92. The third-order valence-corrected chi connectivity index (χ3v) is 5.30. The van der Waals surface area contributed by atoms with Gasteiger partial charge in [-0.1, -0.05) is 23.2 Å². The number of nitrogens with zero attached hydrogens (tertiary/aromatic N) is 1. The summed E-state index contributed by atoms with van der Waals surface area (Å²) in [4.78, 5) is 26.7. The van der Waals surface area contributed by atoms with E-state index < -0.39 is 5.60 Å². The molecule has 0 N–H and O–H groups in total.